The van der Waals surface area contributed by atoms with Crippen molar-refractivity contribution in [3.05, 3.63) is 278 Å². The van der Waals surface area contributed by atoms with E-state index in [-0.39, 0.29) is 0 Å². The van der Waals surface area contributed by atoms with E-state index in [0.29, 0.717) is 0 Å². The second-order valence-corrected chi connectivity index (χ2v) is 23.2. The lowest BCUT2D eigenvalue weighted by atomic mass is 10.00. The van der Waals surface area contributed by atoms with Gasteiger partial charge in [-0.15, -0.1) is 0 Å². The van der Waals surface area contributed by atoms with Gasteiger partial charge >= 0.3 is 0 Å². The summed E-state index contributed by atoms with van der Waals surface area (Å²) in [6, 6.07) is 97.5. The van der Waals surface area contributed by atoms with Crippen LogP contribution >= 0.6 is 0 Å². The molecule has 0 fully saturated rings. The van der Waals surface area contributed by atoms with Gasteiger partial charge in [0.05, 0.1) is 55.8 Å². The van der Waals surface area contributed by atoms with E-state index in [1.54, 1.807) is 0 Å². The van der Waals surface area contributed by atoms with E-state index < -0.39 is 0 Å². The van der Waals surface area contributed by atoms with E-state index in [1.165, 1.54) is 76.2 Å². The van der Waals surface area contributed by atoms with Crippen LogP contribution in [0.2, 0.25) is 0 Å². The maximum Gasteiger partial charge on any atom is 0.159 e. The molecule has 19 aromatic rings. The number of nitrogens with zero attached hydrogens (tertiary/aromatic N) is 4. The Morgan fingerprint density at radius 2 is 0.651 bits per heavy atom. The fourth-order valence-electron chi connectivity index (χ4n) is 14.8. The first-order chi connectivity index (χ1) is 42.5. The van der Waals surface area contributed by atoms with E-state index in [0.717, 1.165) is 111 Å². The molecule has 0 atom stereocenters. The Hall–Kier alpha value is -11.3. The van der Waals surface area contributed by atoms with Crippen LogP contribution in [0.15, 0.2) is 276 Å². The minimum Gasteiger partial charge on any atom is -0.454 e. The van der Waals surface area contributed by atoms with Crippen molar-refractivity contribution in [1.29, 1.82) is 0 Å². The number of hydrogen-bond donors (Lipinski definition) is 0. The molecular formula is C80H50N4O2. The van der Waals surface area contributed by atoms with Crippen molar-refractivity contribution >= 4 is 154 Å². The molecule has 0 spiro atoms. The third-order valence-electron chi connectivity index (χ3n) is 18.6. The molecule has 19 rings (SSSR count). The molecule has 0 N–H and O–H groups in total. The van der Waals surface area contributed by atoms with Crippen LogP contribution in [-0.4, -0.2) is 8.80 Å². The Balaban J connectivity index is 0.817. The van der Waals surface area contributed by atoms with Crippen LogP contribution in [-0.2, 0) is 0 Å². The summed E-state index contributed by atoms with van der Waals surface area (Å²) in [5, 5.41) is 14.2. The Kier molecular flexibility index (Phi) is 9.65. The lowest BCUT2D eigenvalue weighted by molar-refractivity contribution is 0.668. The average Bonchev–Trinajstić information content (AvgIpc) is 1.64. The maximum absolute atomic E-state index is 6.90. The van der Waals surface area contributed by atoms with Gasteiger partial charge in [0, 0.05) is 87.1 Å². The summed E-state index contributed by atoms with van der Waals surface area (Å²) in [5.41, 5.74) is 23.9. The van der Waals surface area contributed by atoms with Gasteiger partial charge in [0.2, 0.25) is 0 Å². The summed E-state index contributed by atoms with van der Waals surface area (Å²) in [4.78, 5) is 4.88. The first-order valence-corrected chi connectivity index (χ1v) is 29.6. The van der Waals surface area contributed by atoms with Crippen LogP contribution < -0.4 is 9.80 Å². The maximum atomic E-state index is 6.90. The predicted molar refractivity (Wildman–Crippen MR) is 360 cm³/mol. The van der Waals surface area contributed by atoms with Gasteiger partial charge in [-0.25, -0.2) is 0 Å². The molecule has 402 valence electrons. The van der Waals surface area contributed by atoms with Crippen LogP contribution in [0, 0.1) is 13.8 Å². The molecule has 0 aliphatic carbocycles. The summed E-state index contributed by atoms with van der Waals surface area (Å²) >= 11 is 0. The molecule has 0 unspecified atom stereocenters. The first-order valence-electron chi connectivity index (χ1n) is 29.6. The van der Waals surface area contributed by atoms with Gasteiger partial charge in [-0.1, -0.05) is 194 Å². The van der Waals surface area contributed by atoms with Crippen molar-refractivity contribution in [1.82, 2.24) is 8.80 Å². The zero-order valence-corrected chi connectivity index (χ0v) is 47.0. The van der Waals surface area contributed by atoms with E-state index in [4.69, 9.17) is 8.83 Å². The molecule has 0 radical (unpaired) electrons. The van der Waals surface area contributed by atoms with Gasteiger partial charge in [-0.05, 0) is 109 Å². The SMILES string of the molecule is Cc1ccc2c(oc3ccccc32)c1N(c1ccc2c(c1)c1cccc3c4cc5c(cc4n2c13)c1cccc2c3cc(N(c4ccccc4-c4ccccc4)c4c(C)ccc6c4oc4ccccc46)ccc3n5c21)c1ccccc1-c1ccccc1. The molecule has 0 saturated heterocycles. The van der Waals surface area contributed by atoms with Crippen molar-refractivity contribution in [2.75, 3.05) is 9.80 Å². The third kappa shape index (κ3) is 6.44. The smallest absolute Gasteiger partial charge is 0.159 e. The largest absolute Gasteiger partial charge is 0.454 e. The van der Waals surface area contributed by atoms with Crippen molar-refractivity contribution < 1.29 is 8.83 Å². The molecule has 6 nitrogen and oxygen atoms in total. The highest BCUT2D eigenvalue weighted by atomic mass is 16.3. The summed E-state index contributed by atoms with van der Waals surface area (Å²) in [6.45, 7) is 4.41. The van der Waals surface area contributed by atoms with E-state index >= 15 is 0 Å². The monoisotopic (exact) mass is 1100 g/mol. The fraction of sp³-hybridized carbons (Fsp3) is 0.0250. The Morgan fingerprint density at radius 1 is 0.279 bits per heavy atom. The number of furan rings is 2. The highest BCUT2D eigenvalue weighted by molar-refractivity contribution is 6.29. The second kappa shape index (κ2) is 17.6. The minimum atomic E-state index is 0.870. The Bertz CT molecular complexity index is 5630. The van der Waals surface area contributed by atoms with Crippen LogP contribution in [0.4, 0.5) is 34.1 Å². The standard InChI is InChI=1S/C80H50N4O2/c1-47-35-39-61-55-25-11-15-33-73(55)85-79(61)75(47)81(67-31-13-9-23-53(67)49-19-5-3-6-20-49)51-37-41-69-63(43-51)57-27-17-29-59-65-46-72-66(45-71(65)83(69)77(57)59)60-30-18-28-58-64-44-52(38-42-70(64)84(72)78(58)60)82(68-32-14-10-24-54(68)50-21-7-4-8-22-50)76-48(2)36-40-62-56-26-12-16-34-74(56)86-80(62)76/h3-46H,1-2H3. The van der Waals surface area contributed by atoms with Gasteiger partial charge in [0.25, 0.3) is 0 Å². The number of para-hydroxylation sites is 6. The fourth-order valence-corrected chi connectivity index (χ4v) is 14.8. The quantitative estimate of drug-likeness (QED) is 0.152. The van der Waals surface area contributed by atoms with Gasteiger partial charge in [0.15, 0.2) is 11.2 Å². The first kappa shape index (κ1) is 47.2. The number of benzene rings is 13. The number of aromatic nitrogens is 2. The van der Waals surface area contributed by atoms with Crippen LogP contribution in [0.5, 0.6) is 0 Å². The molecule has 6 aromatic heterocycles. The lowest BCUT2D eigenvalue weighted by Gasteiger charge is -2.29. The number of hydrogen-bond acceptors (Lipinski definition) is 4. The molecule has 0 bridgehead atoms. The summed E-state index contributed by atoms with van der Waals surface area (Å²) < 4.78 is 18.8. The predicted octanol–water partition coefficient (Wildman–Crippen LogP) is 22.7. The summed E-state index contributed by atoms with van der Waals surface area (Å²) in [5.74, 6) is 0. The van der Waals surface area contributed by atoms with Crippen molar-refractivity contribution in [2.45, 2.75) is 13.8 Å². The highest BCUT2D eigenvalue weighted by Gasteiger charge is 2.29. The molecule has 13 aromatic carbocycles. The van der Waals surface area contributed by atoms with Gasteiger partial charge in [-0.3, -0.25) is 0 Å². The molecular weight excluding hydrogens is 1050 g/mol. The van der Waals surface area contributed by atoms with Crippen molar-refractivity contribution in [3.8, 4) is 22.3 Å². The van der Waals surface area contributed by atoms with Crippen LogP contribution in [0.25, 0.3) is 142 Å². The van der Waals surface area contributed by atoms with Crippen molar-refractivity contribution in [3.63, 3.8) is 0 Å². The van der Waals surface area contributed by atoms with Gasteiger partial charge in [0.1, 0.15) is 11.2 Å². The normalized spacial score (nSPS) is 12.3. The molecule has 6 heterocycles. The molecule has 0 saturated carbocycles. The zero-order chi connectivity index (χ0) is 56.5. The summed E-state index contributed by atoms with van der Waals surface area (Å²) in [6.07, 6.45) is 0. The molecule has 0 aliphatic heterocycles. The van der Waals surface area contributed by atoms with E-state index in [9.17, 15) is 0 Å². The highest BCUT2D eigenvalue weighted by Crippen LogP contribution is 2.52. The number of anilines is 6. The van der Waals surface area contributed by atoms with Crippen LogP contribution in [0.1, 0.15) is 11.1 Å². The zero-order valence-electron chi connectivity index (χ0n) is 47.0. The third-order valence-corrected chi connectivity index (χ3v) is 18.6. The minimum absolute atomic E-state index is 0.870. The topological polar surface area (TPSA) is 41.6 Å². The average molecular weight is 1100 g/mol. The lowest BCUT2D eigenvalue weighted by Crippen LogP contribution is -2.13. The Labute approximate surface area is 493 Å². The second-order valence-electron chi connectivity index (χ2n) is 23.2. The van der Waals surface area contributed by atoms with E-state index in [2.05, 4.69) is 299 Å². The summed E-state index contributed by atoms with van der Waals surface area (Å²) in [7, 11) is 0. The van der Waals surface area contributed by atoms with Gasteiger partial charge < -0.3 is 27.4 Å². The van der Waals surface area contributed by atoms with Crippen LogP contribution in [0.3, 0.4) is 0 Å². The molecule has 0 amide bonds. The molecule has 86 heavy (non-hydrogen) atoms. The molecule has 0 aliphatic rings. The number of aryl methyl sites for hydroxylation is 2. The van der Waals surface area contributed by atoms with E-state index in [1.807, 2.05) is 0 Å². The Morgan fingerprint density at radius 3 is 1.09 bits per heavy atom. The number of fused-ring (bicyclic) bond motifs is 18. The van der Waals surface area contributed by atoms with Crippen molar-refractivity contribution in [2.24, 2.45) is 0 Å². The van der Waals surface area contributed by atoms with Gasteiger partial charge in [-0.2, -0.15) is 0 Å². The number of rotatable bonds is 8. The molecule has 6 heteroatoms.